The van der Waals surface area contributed by atoms with E-state index in [9.17, 15) is 9.59 Å². The van der Waals surface area contributed by atoms with Crippen molar-refractivity contribution in [2.75, 3.05) is 13.6 Å². The third kappa shape index (κ3) is 4.08. The van der Waals surface area contributed by atoms with E-state index in [2.05, 4.69) is 26.2 Å². The normalized spacial score (nSPS) is 25.7. The molecule has 1 fully saturated rings. The van der Waals surface area contributed by atoms with Crippen molar-refractivity contribution < 1.29 is 14.3 Å². The fourth-order valence-corrected chi connectivity index (χ4v) is 6.68. The molecule has 2 aliphatic heterocycles. The van der Waals surface area contributed by atoms with Crippen LogP contribution in [0, 0.1) is 26.7 Å². The number of aryl methyl sites for hydroxylation is 2. The summed E-state index contributed by atoms with van der Waals surface area (Å²) in [7, 11) is 2.02. The molecule has 1 atom stereocenters. The van der Waals surface area contributed by atoms with E-state index < -0.39 is 5.79 Å². The monoisotopic (exact) mass is 543 g/mol. The van der Waals surface area contributed by atoms with E-state index in [-0.39, 0.29) is 23.9 Å². The van der Waals surface area contributed by atoms with Crippen molar-refractivity contribution in [2.45, 2.75) is 78.2 Å². The Labute approximate surface area is 214 Å². The number of nitrogens with zero attached hydrogens (tertiary/aromatic N) is 1. The maximum atomic E-state index is 13.7. The highest BCUT2D eigenvalue weighted by molar-refractivity contribution is 9.10. The van der Waals surface area contributed by atoms with Crippen molar-refractivity contribution in [2.24, 2.45) is 5.92 Å². The number of aromatic amines is 1. The number of hydrogen-bond acceptors (Lipinski definition) is 5. The molecule has 7 nitrogen and oxygen atoms in total. The molecule has 1 aromatic carbocycles. The second-order valence-electron chi connectivity index (χ2n) is 10.4. The first kappa shape index (κ1) is 24.4. The molecule has 3 aliphatic rings. The molecule has 1 aliphatic carbocycles. The Morgan fingerprint density at radius 1 is 1.14 bits per heavy atom. The zero-order valence-corrected chi connectivity index (χ0v) is 22.7. The fraction of sp³-hybridized carbons (Fsp3) is 0.556. The van der Waals surface area contributed by atoms with E-state index in [1.165, 1.54) is 0 Å². The highest BCUT2D eigenvalue weighted by Crippen LogP contribution is 2.53. The zero-order valence-electron chi connectivity index (χ0n) is 21.1. The van der Waals surface area contributed by atoms with Gasteiger partial charge in [0.2, 0.25) is 0 Å². The number of benzene rings is 1. The van der Waals surface area contributed by atoms with Gasteiger partial charge in [0.05, 0.1) is 16.6 Å². The van der Waals surface area contributed by atoms with Gasteiger partial charge in [-0.25, -0.2) is 0 Å². The largest absolute Gasteiger partial charge is 0.448 e. The molecule has 188 valence electrons. The number of ether oxygens (including phenoxy) is 2. The van der Waals surface area contributed by atoms with Gasteiger partial charge in [-0.3, -0.25) is 9.59 Å². The highest BCUT2D eigenvalue weighted by atomic mass is 79.9. The summed E-state index contributed by atoms with van der Waals surface area (Å²) in [5.74, 6) is 0.845. The molecule has 0 spiro atoms. The standard InChI is InChI=1S/C27H34BrN3O4/c1-14-12-15(2)30-25(32)20(14)13-31-11-10-19-21(26(31)33)16(3)23-24(22(19)28)35-27(4,34-23)17-6-8-18(29-5)9-7-17/h12,17-18,29H,6-11,13H2,1-5H3,(H,30,32). The summed E-state index contributed by atoms with van der Waals surface area (Å²) < 4.78 is 13.9. The van der Waals surface area contributed by atoms with Gasteiger partial charge in [0, 0.05) is 42.2 Å². The summed E-state index contributed by atoms with van der Waals surface area (Å²) in [6.07, 6.45) is 4.95. The van der Waals surface area contributed by atoms with Crippen molar-refractivity contribution in [3.05, 3.63) is 54.4 Å². The van der Waals surface area contributed by atoms with Crippen LogP contribution in [0.1, 0.15) is 70.9 Å². The third-order valence-corrected chi connectivity index (χ3v) is 8.99. The highest BCUT2D eigenvalue weighted by Gasteiger charge is 2.48. The summed E-state index contributed by atoms with van der Waals surface area (Å²) in [5.41, 5.74) is 4.66. The molecular weight excluding hydrogens is 510 g/mol. The molecule has 0 radical (unpaired) electrons. The fourth-order valence-electron chi connectivity index (χ4n) is 6.02. The second kappa shape index (κ2) is 8.96. The molecular formula is C27H34BrN3O4. The zero-order chi connectivity index (χ0) is 25.1. The minimum absolute atomic E-state index is 0.0710. The predicted molar refractivity (Wildman–Crippen MR) is 138 cm³/mol. The van der Waals surface area contributed by atoms with Crippen LogP contribution in [0.15, 0.2) is 15.3 Å². The van der Waals surface area contributed by atoms with Crippen LogP contribution in [0.25, 0.3) is 0 Å². The number of halogens is 1. The van der Waals surface area contributed by atoms with E-state index in [0.29, 0.717) is 41.6 Å². The molecule has 35 heavy (non-hydrogen) atoms. The molecule has 8 heteroatoms. The van der Waals surface area contributed by atoms with Gasteiger partial charge in [0.25, 0.3) is 17.3 Å². The van der Waals surface area contributed by atoms with E-state index in [0.717, 1.165) is 52.5 Å². The van der Waals surface area contributed by atoms with Gasteiger partial charge in [-0.15, -0.1) is 0 Å². The maximum absolute atomic E-state index is 13.7. The van der Waals surface area contributed by atoms with E-state index in [4.69, 9.17) is 9.47 Å². The van der Waals surface area contributed by atoms with Crippen molar-refractivity contribution in [1.29, 1.82) is 0 Å². The summed E-state index contributed by atoms with van der Waals surface area (Å²) >= 11 is 3.75. The molecule has 0 saturated heterocycles. The van der Waals surface area contributed by atoms with Gasteiger partial charge in [0.15, 0.2) is 11.5 Å². The Bertz CT molecular complexity index is 1250. The topological polar surface area (TPSA) is 83.7 Å². The molecule has 1 aromatic heterocycles. The number of carbonyl (C=O) groups excluding carboxylic acids is 1. The van der Waals surface area contributed by atoms with Crippen LogP contribution in [-0.2, 0) is 13.0 Å². The second-order valence-corrected chi connectivity index (χ2v) is 11.2. The molecule has 0 bridgehead atoms. The lowest BCUT2D eigenvalue weighted by atomic mass is 9.81. The number of carbonyl (C=O) groups is 1. The van der Waals surface area contributed by atoms with Crippen LogP contribution in [0.3, 0.4) is 0 Å². The first-order valence-corrected chi connectivity index (χ1v) is 13.3. The molecule has 3 heterocycles. The predicted octanol–water partition coefficient (Wildman–Crippen LogP) is 4.53. The van der Waals surface area contributed by atoms with Gasteiger partial charge in [-0.1, -0.05) is 0 Å². The van der Waals surface area contributed by atoms with E-state index in [1.807, 2.05) is 40.8 Å². The lowest BCUT2D eigenvalue weighted by Crippen LogP contribution is -2.46. The van der Waals surface area contributed by atoms with Crippen LogP contribution < -0.4 is 20.3 Å². The maximum Gasteiger partial charge on any atom is 0.254 e. The van der Waals surface area contributed by atoms with Gasteiger partial charge >= 0.3 is 0 Å². The van der Waals surface area contributed by atoms with Crippen molar-refractivity contribution in [3.63, 3.8) is 0 Å². The molecule has 2 N–H and O–H groups in total. The summed E-state index contributed by atoms with van der Waals surface area (Å²) in [6.45, 7) is 8.60. The summed E-state index contributed by atoms with van der Waals surface area (Å²) in [4.78, 5) is 30.9. The van der Waals surface area contributed by atoms with Gasteiger partial charge < -0.3 is 24.7 Å². The van der Waals surface area contributed by atoms with Crippen LogP contribution in [0.4, 0.5) is 0 Å². The molecule has 1 amide bonds. The van der Waals surface area contributed by atoms with Gasteiger partial charge in [0.1, 0.15) is 0 Å². The number of H-pyrrole nitrogens is 1. The van der Waals surface area contributed by atoms with Crippen LogP contribution in [-0.4, -0.2) is 41.2 Å². The van der Waals surface area contributed by atoms with Crippen molar-refractivity contribution in [1.82, 2.24) is 15.2 Å². The van der Waals surface area contributed by atoms with Crippen molar-refractivity contribution >= 4 is 21.8 Å². The number of nitrogens with one attached hydrogen (secondary N) is 2. The Morgan fingerprint density at radius 3 is 2.49 bits per heavy atom. The Morgan fingerprint density at radius 2 is 1.83 bits per heavy atom. The first-order chi connectivity index (χ1) is 16.6. The molecule has 1 unspecified atom stereocenters. The molecule has 2 aromatic rings. The SMILES string of the molecule is CNC1CCC(C2(C)Oc3c(C)c4c(c(Br)c3O2)CCN(Cc2c(C)cc(C)[nH]c2=O)C4=O)CC1. The lowest BCUT2D eigenvalue weighted by molar-refractivity contribution is -0.121. The number of amides is 1. The Balaban J connectivity index is 1.44. The van der Waals surface area contributed by atoms with Gasteiger partial charge in [-0.05, 0) is 93.0 Å². The number of rotatable bonds is 4. The summed E-state index contributed by atoms with van der Waals surface area (Å²) in [6, 6.07) is 2.50. The number of hydrogen-bond donors (Lipinski definition) is 2. The number of aromatic nitrogens is 1. The third-order valence-electron chi connectivity index (χ3n) is 8.15. The molecule has 1 saturated carbocycles. The number of fused-ring (bicyclic) bond motifs is 2. The quantitative estimate of drug-likeness (QED) is 0.591. The van der Waals surface area contributed by atoms with Crippen LogP contribution >= 0.6 is 15.9 Å². The smallest absolute Gasteiger partial charge is 0.254 e. The van der Waals surface area contributed by atoms with E-state index >= 15 is 0 Å². The Hall–Kier alpha value is -2.32. The number of pyridine rings is 1. The lowest BCUT2D eigenvalue weighted by Gasteiger charge is -2.37. The first-order valence-electron chi connectivity index (χ1n) is 12.5. The van der Waals surface area contributed by atoms with Gasteiger partial charge in [-0.2, -0.15) is 0 Å². The van der Waals surface area contributed by atoms with Crippen LogP contribution in [0.2, 0.25) is 0 Å². The minimum Gasteiger partial charge on any atom is -0.448 e. The molecule has 5 rings (SSSR count). The average Bonchev–Trinajstić information content (AvgIpc) is 3.20. The van der Waals surface area contributed by atoms with E-state index in [1.54, 1.807) is 4.90 Å². The van der Waals surface area contributed by atoms with Crippen LogP contribution in [0.5, 0.6) is 11.5 Å². The summed E-state index contributed by atoms with van der Waals surface area (Å²) in [5, 5.41) is 3.38. The average molecular weight is 544 g/mol. The Kier molecular flexibility index (Phi) is 6.24. The van der Waals surface area contributed by atoms with Crippen molar-refractivity contribution in [3.8, 4) is 11.5 Å². The minimum atomic E-state index is -0.743.